The van der Waals surface area contributed by atoms with Crippen LogP contribution < -0.4 is 0 Å². The van der Waals surface area contributed by atoms with E-state index in [2.05, 4.69) is 52.8 Å². The van der Waals surface area contributed by atoms with Crippen molar-refractivity contribution in [2.45, 2.75) is 47.1 Å². The Balaban J connectivity index is 2.62. The quantitative estimate of drug-likeness (QED) is 0.624. The molecule has 0 radical (unpaired) electrons. The molecule has 2 atom stereocenters. The van der Waals surface area contributed by atoms with Crippen molar-refractivity contribution in [3.63, 3.8) is 0 Å². The smallest absolute Gasteiger partial charge is 0.0797 e. The van der Waals surface area contributed by atoms with Crippen LogP contribution in [0.25, 0.3) is 0 Å². The number of hydrogen-bond donors (Lipinski definition) is 0. The largest absolute Gasteiger partial charge is 0.370 e. The number of rotatable bonds is 2. The molecular formula is C14H24O. The molecule has 0 spiro atoms. The maximum absolute atomic E-state index is 5.65. The molecule has 2 unspecified atom stereocenters. The van der Waals surface area contributed by atoms with Gasteiger partial charge < -0.3 is 4.74 Å². The molecule has 0 saturated carbocycles. The lowest BCUT2D eigenvalue weighted by Gasteiger charge is -2.29. The molecule has 0 bridgehead atoms. The molecule has 0 aromatic carbocycles. The van der Waals surface area contributed by atoms with Gasteiger partial charge in [-0.1, -0.05) is 51.5 Å². The normalized spacial score (nSPS) is 25.4. The summed E-state index contributed by atoms with van der Waals surface area (Å²) in [5.74, 6) is 0.604. The van der Waals surface area contributed by atoms with Gasteiger partial charge in [0.05, 0.1) is 12.7 Å². The summed E-state index contributed by atoms with van der Waals surface area (Å²) in [5.41, 5.74) is 1.79. The van der Waals surface area contributed by atoms with Gasteiger partial charge in [0.2, 0.25) is 0 Å². The highest BCUT2D eigenvalue weighted by Gasteiger charge is 2.22. The fourth-order valence-corrected chi connectivity index (χ4v) is 1.78. The maximum Gasteiger partial charge on any atom is 0.0797 e. The second-order valence-electron chi connectivity index (χ2n) is 5.58. The first-order valence-electron chi connectivity index (χ1n) is 5.86. The van der Waals surface area contributed by atoms with Gasteiger partial charge >= 0.3 is 0 Å². The van der Waals surface area contributed by atoms with Gasteiger partial charge in [-0.15, -0.1) is 0 Å². The highest BCUT2D eigenvalue weighted by Crippen LogP contribution is 2.31. The summed E-state index contributed by atoms with van der Waals surface area (Å²) < 4.78 is 5.65. The van der Waals surface area contributed by atoms with E-state index in [4.69, 9.17) is 4.74 Å². The minimum absolute atomic E-state index is 0.291. The zero-order valence-electron chi connectivity index (χ0n) is 10.7. The van der Waals surface area contributed by atoms with E-state index in [1.165, 1.54) is 5.57 Å². The van der Waals surface area contributed by atoms with Crippen LogP contribution in [0.15, 0.2) is 23.8 Å². The predicted molar refractivity (Wildman–Crippen MR) is 65.9 cm³/mol. The highest BCUT2D eigenvalue weighted by atomic mass is 16.5. The van der Waals surface area contributed by atoms with Crippen LogP contribution in [-0.2, 0) is 4.74 Å². The van der Waals surface area contributed by atoms with E-state index in [1.807, 2.05) is 0 Å². The lowest BCUT2D eigenvalue weighted by atomic mass is 9.77. The summed E-state index contributed by atoms with van der Waals surface area (Å²) in [6.07, 6.45) is 7.90. The Labute approximate surface area is 94.2 Å². The van der Waals surface area contributed by atoms with Gasteiger partial charge in [0, 0.05) is 0 Å². The van der Waals surface area contributed by atoms with Crippen LogP contribution in [0, 0.1) is 11.3 Å². The summed E-state index contributed by atoms with van der Waals surface area (Å²) in [5, 5.41) is 0. The van der Waals surface area contributed by atoms with Crippen LogP contribution in [0.2, 0.25) is 0 Å². The van der Waals surface area contributed by atoms with Crippen LogP contribution in [0.4, 0.5) is 0 Å². The van der Waals surface area contributed by atoms with Gasteiger partial charge in [-0.2, -0.15) is 0 Å². The zero-order valence-corrected chi connectivity index (χ0v) is 10.7. The third kappa shape index (κ3) is 3.83. The molecule has 86 valence electrons. The summed E-state index contributed by atoms with van der Waals surface area (Å²) in [7, 11) is 0. The van der Waals surface area contributed by atoms with E-state index in [-0.39, 0.29) is 0 Å². The highest BCUT2D eigenvalue weighted by molar-refractivity contribution is 5.10. The fourth-order valence-electron chi connectivity index (χ4n) is 1.78. The van der Waals surface area contributed by atoms with E-state index in [0.717, 1.165) is 13.0 Å². The van der Waals surface area contributed by atoms with Crippen molar-refractivity contribution in [2.75, 3.05) is 6.61 Å². The average Bonchev–Trinajstić information content (AvgIpc) is 2.16. The average molecular weight is 208 g/mol. The van der Waals surface area contributed by atoms with Gasteiger partial charge in [0.25, 0.3) is 0 Å². The molecule has 15 heavy (non-hydrogen) atoms. The Hall–Kier alpha value is -0.560. The molecule has 1 heteroatoms. The fraction of sp³-hybridized carbons (Fsp3) is 0.714. The van der Waals surface area contributed by atoms with Crippen LogP contribution in [0.3, 0.4) is 0 Å². The van der Waals surface area contributed by atoms with Crippen molar-refractivity contribution in [1.29, 1.82) is 0 Å². The summed E-state index contributed by atoms with van der Waals surface area (Å²) in [6.45, 7) is 12.1. The molecule has 0 aliphatic carbocycles. The molecule has 1 aliphatic rings. The second-order valence-corrected chi connectivity index (χ2v) is 5.58. The Morgan fingerprint density at radius 2 is 2.07 bits per heavy atom. The van der Waals surface area contributed by atoms with Crippen molar-refractivity contribution in [3.05, 3.63) is 23.8 Å². The first kappa shape index (κ1) is 12.5. The number of ether oxygens (including phenoxy) is 1. The summed E-state index contributed by atoms with van der Waals surface area (Å²) >= 11 is 0. The first-order valence-corrected chi connectivity index (χ1v) is 5.86. The van der Waals surface area contributed by atoms with Crippen molar-refractivity contribution in [2.24, 2.45) is 11.3 Å². The Bertz CT molecular complexity index is 255. The van der Waals surface area contributed by atoms with Gasteiger partial charge in [-0.3, -0.25) is 0 Å². The Morgan fingerprint density at radius 3 is 2.53 bits per heavy atom. The van der Waals surface area contributed by atoms with Crippen molar-refractivity contribution in [3.8, 4) is 0 Å². The first-order chi connectivity index (χ1) is 6.91. The summed E-state index contributed by atoms with van der Waals surface area (Å²) in [6, 6.07) is 0. The Kier molecular flexibility index (Phi) is 4.15. The zero-order chi connectivity index (χ0) is 11.5. The molecule has 0 N–H and O–H groups in total. The monoisotopic (exact) mass is 208 g/mol. The van der Waals surface area contributed by atoms with Gasteiger partial charge in [0.1, 0.15) is 0 Å². The molecule has 1 heterocycles. The topological polar surface area (TPSA) is 9.23 Å². The van der Waals surface area contributed by atoms with Crippen LogP contribution >= 0.6 is 0 Å². The standard InChI is InChI=1S/C14H24O/c1-11(12(2)14(3,4)5)10-13-8-6-7-9-15-13/h6-7,10,12-13H,8-9H2,1-5H3/b11-10+. The van der Waals surface area contributed by atoms with Crippen molar-refractivity contribution >= 4 is 0 Å². The molecule has 0 saturated heterocycles. The molecule has 1 aliphatic heterocycles. The van der Waals surface area contributed by atoms with Gasteiger partial charge in [-0.05, 0) is 24.7 Å². The molecular weight excluding hydrogens is 184 g/mol. The minimum atomic E-state index is 0.291. The maximum atomic E-state index is 5.65. The molecule has 0 fully saturated rings. The third-order valence-electron chi connectivity index (χ3n) is 3.37. The van der Waals surface area contributed by atoms with E-state index in [0.29, 0.717) is 17.4 Å². The predicted octanol–water partition coefficient (Wildman–Crippen LogP) is 3.96. The molecule has 0 aromatic rings. The SMILES string of the molecule is C/C(=C\C1CC=CCO1)C(C)C(C)(C)C. The lowest BCUT2D eigenvalue weighted by molar-refractivity contribution is 0.101. The lowest BCUT2D eigenvalue weighted by Crippen LogP contribution is -2.20. The molecule has 0 amide bonds. The van der Waals surface area contributed by atoms with Gasteiger partial charge in [0.15, 0.2) is 0 Å². The van der Waals surface area contributed by atoms with Gasteiger partial charge in [-0.25, -0.2) is 0 Å². The Morgan fingerprint density at radius 1 is 1.40 bits per heavy atom. The van der Waals surface area contributed by atoms with E-state index in [1.54, 1.807) is 0 Å². The van der Waals surface area contributed by atoms with Crippen LogP contribution in [0.5, 0.6) is 0 Å². The second kappa shape index (κ2) is 4.98. The third-order valence-corrected chi connectivity index (χ3v) is 3.37. The molecule has 1 nitrogen and oxygen atoms in total. The van der Waals surface area contributed by atoms with E-state index >= 15 is 0 Å². The van der Waals surface area contributed by atoms with Crippen LogP contribution in [0.1, 0.15) is 41.0 Å². The van der Waals surface area contributed by atoms with E-state index in [9.17, 15) is 0 Å². The van der Waals surface area contributed by atoms with Crippen molar-refractivity contribution in [1.82, 2.24) is 0 Å². The van der Waals surface area contributed by atoms with Crippen molar-refractivity contribution < 1.29 is 4.74 Å². The number of hydrogen-bond acceptors (Lipinski definition) is 1. The summed E-state index contributed by atoms with van der Waals surface area (Å²) in [4.78, 5) is 0. The van der Waals surface area contributed by atoms with Crippen LogP contribution in [-0.4, -0.2) is 12.7 Å². The number of allylic oxidation sites excluding steroid dienone is 1. The molecule has 1 rings (SSSR count). The van der Waals surface area contributed by atoms with E-state index < -0.39 is 0 Å². The molecule has 0 aromatic heterocycles. The minimum Gasteiger partial charge on any atom is -0.370 e.